The Bertz CT molecular complexity index is 507. The Morgan fingerprint density at radius 3 is 2.70 bits per heavy atom. The highest BCUT2D eigenvalue weighted by atomic mass is 32.1. The summed E-state index contributed by atoms with van der Waals surface area (Å²) >= 11 is 1.50. The molecule has 0 spiro atoms. The number of hydrogen-bond donors (Lipinski definition) is 0. The van der Waals surface area contributed by atoms with Crippen LogP contribution in [-0.2, 0) is 9.47 Å². The van der Waals surface area contributed by atoms with Crippen LogP contribution < -0.4 is 0 Å². The maximum Gasteiger partial charge on any atom is 0.265 e. The first-order chi connectivity index (χ1) is 11.1. The molecule has 0 radical (unpaired) electrons. The maximum absolute atomic E-state index is 12.7. The molecule has 1 aromatic heterocycles. The van der Waals surface area contributed by atoms with Crippen LogP contribution in [0.4, 0.5) is 0 Å². The summed E-state index contributed by atoms with van der Waals surface area (Å²) in [4.78, 5) is 22.1. The van der Waals surface area contributed by atoms with E-state index in [1.54, 1.807) is 7.11 Å². The molecule has 2 rings (SSSR count). The Morgan fingerprint density at radius 1 is 1.17 bits per heavy atom. The quantitative estimate of drug-likeness (QED) is 0.705. The number of thiazole rings is 1. The molecule has 0 N–H and O–H groups in total. The van der Waals surface area contributed by atoms with Crippen molar-refractivity contribution in [3.05, 3.63) is 15.6 Å². The van der Waals surface area contributed by atoms with E-state index in [0.717, 1.165) is 54.7 Å². The van der Waals surface area contributed by atoms with Gasteiger partial charge in [0.1, 0.15) is 4.88 Å². The highest BCUT2D eigenvalue weighted by Crippen LogP contribution is 2.20. The van der Waals surface area contributed by atoms with Crippen LogP contribution >= 0.6 is 11.3 Å². The molecular weight excluding hydrogens is 314 g/mol. The molecule has 2 heterocycles. The van der Waals surface area contributed by atoms with E-state index in [9.17, 15) is 4.79 Å². The van der Waals surface area contributed by atoms with Crippen LogP contribution in [0, 0.1) is 13.8 Å². The number of carbonyl (C=O) groups excluding carboxylic acids is 1. The zero-order chi connectivity index (χ0) is 16.7. The summed E-state index contributed by atoms with van der Waals surface area (Å²) in [5.74, 6) is 0.131. The van der Waals surface area contributed by atoms with E-state index < -0.39 is 0 Å². The van der Waals surface area contributed by atoms with Gasteiger partial charge in [-0.1, -0.05) is 0 Å². The van der Waals surface area contributed by atoms with Crippen molar-refractivity contribution >= 4 is 17.2 Å². The third kappa shape index (κ3) is 5.53. The lowest BCUT2D eigenvalue weighted by Crippen LogP contribution is -2.36. The zero-order valence-electron chi connectivity index (χ0n) is 14.3. The first-order valence-corrected chi connectivity index (χ1v) is 8.96. The Morgan fingerprint density at radius 2 is 2.00 bits per heavy atom. The summed E-state index contributed by atoms with van der Waals surface area (Å²) in [6.07, 6.45) is 1.00. The van der Waals surface area contributed by atoms with Crippen LogP contribution in [0.3, 0.4) is 0 Å². The number of hydrogen-bond acceptors (Lipinski definition) is 6. The first-order valence-electron chi connectivity index (χ1n) is 8.14. The van der Waals surface area contributed by atoms with Crippen molar-refractivity contribution in [1.82, 2.24) is 14.8 Å². The molecule has 1 aromatic rings. The molecule has 130 valence electrons. The van der Waals surface area contributed by atoms with Crippen LogP contribution in [0.15, 0.2) is 0 Å². The molecule has 6 nitrogen and oxygen atoms in total. The minimum Gasteiger partial charge on any atom is -0.382 e. The lowest BCUT2D eigenvalue weighted by molar-refractivity contribution is 0.0573. The lowest BCUT2D eigenvalue weighted by atomic mass is 10.3. The summed E-state index contributed by atoms with van der Waals surface area (Å²) in [6, 6.07) is 0. The maximum atomic E-state index is 12.7. The third-order valence-electron chi connectivity index (χ3n) is 3.96. The Labute approximate surface area is 142 Å². The molecule has 1 aliphatic heterocycles. The predicted octanol–water partition coefficient (Wildman–Crippen LogP) is 1.57. The highest BCUT2D eigenvalue weighted by molar-refractivity contribution is 7.13. The second kappa shape index (κ2) is 9.32. The summed E-state index contributed by atoms with van der Waals surface area (Å²) in [5.41, 5.74) is 0.852. The SMILES string of the molecule is COCCOCCN1CCCN(C(=O)c2sc(C)nc2C)CC1. The van der Waals surface area contributed by atoms with E-state index in [4.69, 9.17) is 9.47 Å². The summed E-state index contributed by atoms with van der Waals surface area (Å²) in [6.45, 7) is 10.3. The number of nitrogens with zero attached hydrogens (tertiary/aromatic N) is 3. The van der Waals surface area contributed by atoms with E-state index >= 15 is 0 Å². The van der Waals surface area contributed by atoms with Crippen molar-refractivity contribution in [3.63, 3.8) is 0 Å². The van der Waals surface area contributed by atoms with Gasteiger partial charge in [-0.3, -0.25) is 9.69 Å². The van der Waals surface area contributed by atoms with Crippen LogP contribution in [0.25, 0.3) is 0 Å². The monoisotopic (exact) mass is 341 g/mol. The Balaban J connectivity index is 1.79. The molecule has 0 aromatic carbocycles. The number of aromatic nitrogens is 1. The van der Waals surface area contributed by atoms with Crippen LogP contribution in [0.1, 0.15) is 26.8 Å². The molecule has 1 aliphatic rings. The van der Waals surface area contributed by atoms with Crippen molar-refractivity contribution in [3.8, 4) is 0 Å². The molecule has 0 bridgehead atoms. The van der Waals surface area contributed by atoms with Gasteiger partial charge in [0.05, 0.1) is 30.5 Å². The van der Waals surface area contributed by atoms with Crippen molar-refractivity contribution in [2.75, 3.05) is 59.7 Å². The van der Waals surface area contributed by atoms with Crippen LogP contribution in [0.5, 0.6) is 0 Å². The number of aryl methyl sites for hydroxylation is 2. The Kier molecular flexibility index (Phi) is 7.42. The van der Waals surface area contributed by atoms with Gasteiger partial charge in [0, 0.05) is 33.3 Å². The van der Waals surface area contributed by atoms with Crippen LogP contribution in [-0.4, -0.2) is 80.3 Å². The molecular formula is C16H27N3O3S. The molecule has 0 saturated carbocycles. The van der Waals surface area contributed by atoms with E-state index in [0.29, 0.717) is 19.8 Å². The fourth-order valence-electron chi connectivity index (χ4n) is 2.71. The normalized spacial score (nSPS) is 16.6. The second-order valence-electron chi connectivity index (χ2n) is 5.74. The second-order valence-corrected chi connectivity index (χ2v) is 6.94. The molecule has 0 unspecified atom stereocenters. The smallest absolute Gasteiger partial charge is 0.265 e. The van der Waals surface area contributed by atoms with Crippen molar-refractivity contribution in [1.29, 1.82) is 0 Å². The van der Waals surface area contributed by atoms with Crippen molar-refractivity contribution in [2.45, 2.75) is 20.3 Å². The Hall–Kier alpha value is -1.02. The summed E-state index contributed by atoms with van der Waals surface area (Å²) in [5, 5.41) is 0.954. The molecule has 7 heteroatoms. The summed E-state index contributed by atoms with van der Waals surface area (Å²) in [7, 11) is 1.68. The summed E-state index contributed by atoms with van der Waals surface area (Å²) < 4.78 is 10.5. The highest BCUT2D eigenvalue weighted by Gasteiger charge is 2.23. The molecule has 0 aliphatic carbocycles. The standard InChI is InChI=1S/C16H27N3O3S/c1-13-15(23-14(2)17-13)16(20)19-6-4-5-18(7-8-19)9-10-22-12-11-21-3/h4-12H2,1-3H3. The molecule has 1 saturated heterocycles. The average molecular weight is 341 g/mol. The minimum atomic E-state index is 0.131. The number of carbonyl (C=O) groups is 1. The van der Waals surface area contributed by atoms with E-state index in [-0.39, 0.29) is 5.91 Å². The van der Waals surface area contributed by atoms with E-state index in [2.05, 4.69) is 9.88 Å². The van der Waals surface area contributed by atoms with Crippen LogP contribution in [0.2, 0.25) is 0 Å². The van der Waals surface area contributed by atoms with Gasteiger partial charge < -0.3 is 14.4 Å². The molecule has 0 atom stereocenters. The van der Waals surface area contributed by atoms with Gasteiger partial charge in [0.15, 0.2) is 0 Å². The van der Waals surface area contributed by atoms with Gasteiger partial charge in [-0.05, 0) is 26.8 Å². The lowest BCUT2D eigenvalue weighted by Gasteiger charge is -2.21. The minimum absolute atomic E-state index is 0.131. The number of ether oxygens (including phenoxy) is 2. The molecule has 23 heavy (non-hydrogen) atoms. The van der Waals surface area contributed by atoms with Gasteiger partial charge in [-0.2, -0.15) is 0 Å². The van der Waals surface area contributed by atoms with Gasteiger partial charge in [0.25, 0.3) is 5.91 Å². The number of rotatable bonds is 7. The third-order valence-corrected chi connectivity index (χ3v) is 5.02. The first kappa shape index (κ1) is 18.3. The zero-order valence-corrected chi connectivity index (χ0v) is 15.2. The van der Waals surface area contributed by atoms with Gasteiger partial charge in [-0.25, -0.2) is 4.98 Å². The van der Waals surface area contributed by atoms with Crippen molar-refractivity contribution in [2.24, 2.45) is 0 Å². The molecule has 1 fully saturated rings. The average Bonchev–Trinajstić information content (AvgIpc) is 2.74. The predicted molar refractivity (Wildman–Crippen MR) is 91.2 cm³/mol. The largest absolute Gasteiger partial charge is 0.382 e. The topological polar surface area (TPSA) is 54.9 Å². The van der Waals surface area contributed by atoms with Crippen molar-refractivity contribution < 1.29 is 14.3 Å². The fourth-order valence-corrected chi connectivity index (χ4v) is 3.60. The van der Waals surface area contributed by atoms with E-state index in [1.807, 2.05) is 18.7 Å². The van der Waals surface area contributed by atoms with Gasteiger partial charge >= 0.3 is 0 Å². The molecule has 1 amide bonds. The number of amides is 1. The van der Waals surface area contributed by atoms with E-state index in [1.165, 1.54) is 11.3 Å². The van der Waals surface area contributed by atoms with Gasteiger partial charge in [-0.15, -0.1) is 11.3 Å². The number of methoxy groups -OCH3 is 1. The fraction of sp³-hybridized carbons (Fsp3) is 0.750. The van der Waals surface area contributed by atoms with Gasteiger partial charge in [0.2, 0.25) is 0 Å².